The number of nitrogens with one attached hydrogen (secondary N) is 1. The molecule has 18 heteroatoms. The summed E-state index contributed by atoms with van der Waals surface area (Å²) in [5.74, 6) is -1.15. The van der Waals surface area contributed by atoms with Crippen molar-refractivity contribution in [3.8, 4) is 5.75 Å². The summed E-state index contributed by atoms with van der Waals surface area (Å²) in [7, 11) is -4.44. The smallest absolute Gasteiger partial charge is 0.459 e. The van der Waals surface area contributed by atoms with Crippen molar-refractivity contribution in [3.05, 3.63) is 36.2 Å². The lowest BCUT2D eigenvalue weighted by Crippen LogP contribution is -2.44. The highest BCUT2D eigenvalue weighted by Gasteiger charge is 2.54. The first-order chi connectivity index (χ1) is 21.6. The monoisotopic (exact) mass is 665 g/mol. The second kappa shape index (κ2) is 14.3. The van der Waals surface area contributed by atoms with E-state index in [4.69, 9.17) is 34.7 Å². The Kier molecular flexibility index (Phi) is 10.9. The minimum absolute atomic E-state index is 0.0105. The number of hydrogen-bond acceptors (Lipinski definition) is 15. The number of rotatable bonds is 14. The number of carbonyl (C=O) groups is 2. The maximum absolute atomic E-state index is 14.2. The Balaban J connectivity index is 1.57. The normalized spacial score (nSPS) is 23.3. The van der Waals surface area contributed by atoms with Crippen molar-refractivity contribution in [2.24, 2.45) is 0 Å². The highest BCUT2D eigenvalue weighted by atomic mass is 31.2. The van der Waals surface area contributed by atoms with Gasteiger partial charge in [0.05, 0.1) is 25.6 Å². The van der Waals surface area contributed by atoms with Gasteiger partial charge in [-0.3, -0.25) is 18.7 Å². The second-order valence-corrected chi connectivity index (χ2v) is 12.8. The lowest BCUT2D eigenvalue weighted by Gasteiger charge is -2.27. The standard InChI is InChI=1S/C28H40N7O10P/c1-6-41-25(38)16(4)34-46(40,45-18-10-8-7-9-17(18)11-12-20(36)43-15(2)3)42-13-19-22(37)28(5,39)26(44-19)35-14-31-21-23(29)32-27(30)33-24(21)35/h7-10,14-16,19,22,26,37,39H,6,11-13H2,1-5H3,(H,34,40)(H4,29,30,32,33)/t16-,19+,22+,26+,28+,46+/m0/s1. The Bertz CT molecular complexity index is 1600. The molecule has 1 fully saturated rings. The summed E-state index contributed by atoms with van der Waals surface area (Å²) in [5.41, 5.74) is 10.6. The number of benzene rings is 1. The number of fused-ring (bicyclic) bond motifs is 1. The van der Waals surface area contributed by atoms with Gasteiger partial charge in [-0.25, -0.2) is 9.55 Å². The van der Waals surface area contributed by atoms with E-state index in [1.807, 2.05) is 0 Å². The number of aliphatic hydroxyl groups is 2. The van der Waals surface area contributed by atoms with Crippen molar-refractivity contribution < 1.29 is 47.6 Å². The van der Waals surface area contributed by atoms with Crippen LogP contribution >= 0.6 is 7.75 Å². The first-order valence-corrected chi connectivity index (χ1v) is 16.2. The van der Waals surface area contributed by atoms with Crippen molar-refractivity contribution in [2.75, 3.05) is 24.7 Å². The number of aliphatic hydroxyl groups excluding tert-OH is 1. The zero-order valence-corrected chi connectivity index (χ0v) is 27.0. The molecule has 1 aliphatic rings. The third-order valence-electron chi connectivity index (χ3n) is 7.03. The Morgan fingerprint density at radius 2 is 1.93 bits per heavy atom. The van der Waals surface area contributed by atoms with Crippen molar-refractivity contribution in [1.29, 1.82) is 0 Å². The van der Waals surface area contributed by atoms with E-state index >= 15 is 0 Å². The lowest BCUT2D eigenvalue weighted by atomic mass is 9.96. The van der Waals surface area contributed by atoms with Gasteiger partial charge in [0.2, 0.25) is 5.95 Å². The zero-order valence-electron chi connectivity index (χ0n) is 26.2. The number of aryl methyl sites for hydroxylation is 1. The van der Waals surface area contributed by atoms with E-state index in [0.717, 1.165) is 0 Å². The molecule has 1 aliphatic heterocycles. The maximum atomic E-state index is 14.2. The third-order valence-corrected chi connectivity index (χ3v) is 8.66. The van der Waals surface area contributed by atoms with Gasteiger partial charge in [0.15, 0.2) is 17.7 Å². The van der Waals surface area contributed by atoms with Crippen LogP contribution < -0.4 is 21.1 Å². The van der Waals surface area contributed by atoms with E-state index in [9.17, 15) is 24.4 Å². The van der Waals surface area contributed by atoms with Gasteiger partial charge in [-0.15, -0.1) is 0 Å². The number of nitrogen functional groups attached to an aromatic ring is 2. The molecule has 2 aromatic heterocycles. The summed E-state index contributed by atoms with van der Waals surface area (Å²) >= 11 is 0. The predicted octanol–water partition coefficient (Wildman–Crippen LogP) is 1.63. The molecule has 0 aliphatic carbocycles. The number of ether oxygens (including phenoxy) is 3. The predicted molar refractivity (Wildman–Crippen MR) is 164 cm³/mol. The van der Waals surface area contributed by atoms with Crippen LogP contribution in [0.25, 0.3) is 11.2 Å². The minimum Gasteiger partial charge on any atom is -0.465 e. The number of carbonyl (C=O) groups excluding carboxylic acids is 2. The Morgan fingerprint density at radius 1 is 1.22 bits per heavy atom. The van der Waals surface area contributed by atoms with Gasteiger partial charge in [0.1, 0.15) is 35.1 Å². The fourth-order valence-electron chi connectivity index (χ4n) is 4.81. The summed E-state index contributed by atoms with van der Waals surface area (Å²) in [6, 6.07) is 5.42. The van der Waals surface area contributed by atoms with Crippen molar-refractivity contribution in [3.63, 3.8) is 0 Å². The molecule has 3 heterocycles. The fraction of sp³-hybridized carbons (Fsp3) is 0.536. The first-order valence-electron chi connectivity index (χ1n) is 14.6. The average molecular weight is 666 g/mol. The van der Waals surface area contributed by atoms with Gasteiger partial charge in [0.25, 0.3) is 0 Å². The first kappa shape index (κ1) is 35.0. The Morgan fingerprint density at radius 3 is 2.63 bits per heavy atom. The van der Waals surface area contributed by atoms with Gasteiger partial charge in [-0.1, -0.05) is 18.2 Å². The van der Waals surface area contributed by atoms with E-state index in [1.165, 1.54) is 30.8 Å². The number of nitrogens with two attached hydrogens (primary N) is 2. The van der Waals surface area contributed by atoms with Gasteiger partial charge in [-0.2, -0.15) is 15.1 Å². The molecular weight excluding hydrogens is 625 g/mol. The molecule has 17 nitrogen and oxygen atoms in total. The van der Waals surface area contributed by atoms with Gasteiger partial charge < -0.3 is 40.4 Å². The number of aromatic nitrogens is 4. The molecule has 3 aromatic rings. The van der Waals surface area contributed by atoms with Crippen LogP contribution in [0.15, 0.2) is 30.6 Å². The number of imidazole rings is 1. The van der Waals surface area contributed by atoms with Gasteiger partial charge in [0, 0.05) is 6.42 Å². The number of para-hydroxylation sites is 1. The van der Waals surface area contributed by atoms with Crippen LogP contribution in [0.5, 0.6) is 5.75 Å². The second-order valence-electron chi connectivity index (χ2n) is 11.1. The van der Waals surface area contributed by atoms with Gasteiger partial charge >= 0.3 is 19.7 Å². The minimum atomic E-state index is -4.44. The van der Waals surface area contributed by atoms with Crippen molar-refractivity contribution >= 4 is 42.6 Å². The number of esters is 2. The van der Waals surface area contributed by atoms with Gasteiger partial charge in [-0.05, 0) is 52.7 Å². The largest absolute Gasteiger partial charge is 0.465 e. The number of hydrogen-bond donors (Lipinski definition) is 5. The molecule has 0 amide bonds. The van der Waals surface area contributed by atoms with E-state index in [2.05, 4.69) is 20.0 Å². The molecule has 6 atom stereocenters. The highest BCUT2D eigenvalue weighted by molar-refractivity contribution is 7.52. The molecule has 46 heavy (non-hydrogen) atoms. The molecule has 0 saturated carbocycles. The van der Waals surface area contributed by atoms with E-state index < -0.39 is 56.4 Å². The van der Waals surface area contributed by atoms with E-state index in [1.54, 1.807) is 39.0 Å². The molecule has 1 aromatic carbocycles. The Hall–Kier alpha value is -3.86. The van der Waals surface area contributed by atoms with Crippen LogP contribution in [0.1, 0.15) is 52.8 Å². The van der Waals surface area contributed by atoms with Crippen LogP contribution in [0.3, 0.4) is 0 Å². The van der Waals surface area contributed by atoms with Crippen LogP contribution in [-0.4, -0.2) is 84.8 Å². The zero-order chi connectivity index (χ0) is 33.8. The molecule has 7 N–H and O–H groups in total. The quantitative estimate of drug-likeness (QED) is 0.121. The summed E-state index contributed by atoms with van der Waals surface area (Å²) in [5, 5.41) is 24.9. The van der Waals surface area contributed by atoms with E-state index in [0.29, 0.717) is 5.56 Å². The summed E-state index contributed by atoms with van der Waals surface area (Å²) < 4.78 is 43.4. The summed E-state index contributed by atoms with van der Waals surface area (Å²) in [6.45, 7) is 7.36. The Labute approximate surface area is 265 Å². The molecule has 0 bridgehead atoms. The number of anilines is 2. The number of nitrogens with zero attached hydrogens (tertiary/aromatic N) is 4. The molecule has 0 radical (unpaired) electrons. The van der Waals surface area contributed by atoms with E-state index in [-0.39, 0.29) is 54.2 Å². The lowest BCUT2D eigenvalue weighted by molar-refractivity contribution is -0.147. The van der Waals surface area contributed by atoms with Crippen LogP contribution in [-0.2, 0) is 39.3 Å². The molecule has 1 saturated heterocycles. The molecule has 4 rings (SSSR count). The topological polar surface area (TPSA) is 245 Å². The fourth-order valence-corrected chi connectivity index (χ4v) is 6.35. The molecule has 252 valence electrons. The SMILES string of the molecule is CCOC(=O)[C@H](C)N[P@@](=O)(OC[C@H]1O[C@@H](n2cnc3c(N)nc(N)nc32)[C@](C)(O)[C@@H]1O)Oc1ccccc1CCC(=O)OC(C)C. The van der Waals surface area contributed by atoms with Crippen molar-refractivity contribution in [1.82, 2.24) is 24.6 Å². The summed E-state index contributed by atoms with van der Waals surface area (Å²) in [4.78, 5) is 36.8. The molecule has 0 unspecified atom stereocenters. The maximum Gasteiger partial charge on any atom is 0.459 e. The molecule has 0 spiro atoms. The van der Waals surface area contributed by atoms with Crippen LogP contribution in [0.4, 0.5) is 11.8 Å². The molecular formula is C28H40N7O10P. The third kappa shape index (κ3) is 7.92. The van der Waals surface area contributed by atoms with Crippen molar-refractivity contribution in [2.45, 2.75) is 83.6 Å². The van der Waals surface area contributed by atoms with Crippen LogP contribution in [0, 0.1) is 0 Å². The van der Waals surface area contributed by atoms with Crippen LogP contribution in [0.2, 0.25) is 0 Å². The summed E-state index contributed by atoms with van der Waals surface area (Å²) in [6.07, 6.45) is -2.84. The highest BCUT2D eigenvalue weighted by Crippen LogP contribution is 2.48. The average Bonchev–Trinajstić information content (AvgIpc) is 3.48.